The highest BCUT2D eigenvalue weighted by atomic mass is 32.1. The zero-order valence-corrected chi connectivity index (χ0v) is 18.9. The van der Waals surface area contributed by atoms with E-state index in [4.69, 9.17) is 14.2 Å². The van der Waals surface area contributed by atoms with E-state index in [0.29, 0.717) is 28.6 Å². The zero-order chi connectivity index (χ0) is 23.3. The van der Waals surface area contributed by atoms with Gasteiger partial charge in [0.05, 0.1) is 6.61 Å². The molecule has 1 atom stereocenters. The largest absolute Gasteiger partial charge is 0.460 e. The van der Waals surface area contributed by atoms with Crippen molar-refractivity contribution in [2.24, 2.45) is 0 Å². The Morgan fingerprint density at radius 2 is 1.88 bits per heavy atom. The summed E-state index contributed by atoms with van der Waals surface area (Å²) in [5.74, 6) is -0.567. The number of hydrogen-bond acceptors (Lipinski definition) is 7. The van der Waals surface area contributed by atoms with Crippen LogP contribution in [0.25, 0.3) is 0 Å². The third-order valence-corrected chi connectivity index (χ3v) is 6.05. The van der Waals surface area contributed by atoms with Gasteiger partial charge < -0.3 is 19.5 Å². The van der Waals surface area contributed by atoms with E-state index >= 15 is 0 Å². The van der Waals surface area contributed by atoms with Crippen molar-refractivity contribution in [3.63, 3.8) is 0 Å². The zero-order valence-electron chi connectivity index (χ0n) is 18.1. The van der Waals surface area contributed by atoms with Crippen molar-refractivity contribution >= 4 is 22.4 Å². The fourth-order valence-corrected chi connectivity index (χ4v) is 4.28. The number of rotatable bonds is 7. The molecule has 0 aliphatic carbocycles. The van der Waals surface area contributed by atoms with Crippen LogP contribution in [0.5, 0.6) is 5.75 Å². The second-order valence-electron chi connectivity index (χ2n) is 7.68. The van der Waals surface area contributed by atoms with Gasteiger partial charge in [-0.2, -0.15) is 0 Å². The van der Waals surface area contributed by atoms with Crippen LogP contribution in [0.2, 0.25) is 0 Å². The molecule has 0 saturated carbocycles. The predicted molar refractivity (Wildman–Crippen MR) is 126 cm³/mol. The summed E-state index contributed by atoms with van der Waals surface area (Å²) in [6.45, 7) is 0.640. The molecule has 1 aliphatic rings. The molecule has 172 valence electrons. The number of carbonyl (C=O) groups excluding carboxylic acids is 1. The lowest BCUT2D eigenvalue weighted by atomic mass is 10.1. The Labute approximate surface area is 199 Å². The van der Waals surface area contributed by atoms with Crippen molar-refractivity contribution in [1.29, 1.82) is 0 Å². The molecule has 0 bridgehead atoms. The van der Waals surface area contributed by atoms with E-state index in [1.807, 2.05) is 60.7 Å². The number of aromatic nitrogens is 1. The molecule has 0 amide bonds. The Balaban J connectivity index is 1.24. The van der Waals surface area contributed by atoms with E-state index in [0.717, 1.165) is 11.1 Å². The molecule has 2 heterocycles. The number of ether oxygens (including phenoxy) is 3. The Hall–Kier alpha value is -3.75. The molecule has 0 fully saturated rings. The predicted octanol–water partition coefficient (Wildman–Crippen LogP) is 5.86. The molecule has 6 nitrogen and oxygen atoms in total. The van der Waals surface area contributed by atoms with Gasteiger partial charge in [-0.05, 0) is 17.7 Å². The molecule has 3 aromatic carbocycles. The minimum absolute atomic E-state index is 0.148. The highest BCUT2D eigenvalue weighted by molar-refractivity contribution is 7.13. The van der Waals surface area contributed by atoms with Crippen molar-refractivity contribution in [1.82, 2.24) is 4.98 Å². The van der Waals surface area contributed by atoms with Gasteiger partial charge >= 0.3 is 5.97 Å². The number of esters is 1. The van der Waals surface area contributed by atoms with Crippen LogP contribution in [0, 0.1) is 5.82 Å². The van der Waals surface area contributed by atoms with Crippen molar-refractivity contribution in [3.8, 4) is 5.75 Å². The number of nitrogens with one attached hydrogen (secondary N) is 1. The fourth-order valence-electron chi connectivity index (χ4n) is 3.60. The number of benzene rings is 3. The second kappa shape index (κ2) is 10.0. The van der Waals surface area contributed by atoms with Crippen molar-refractivity contribution < 1.29 is 23.4 Å². The maximum Gasteiger partial charge on any atom is 0.358 e. The number of anilines is 1. The molecule has 8 heteroatoms. The van der Waals surface area contributed by atoms with Gasteiger partial charge in [0.1, 0.15) is 18.2 Å². The first-order valence-electron chi connectivity index (χ1n) is 10.7. The molecule has 1 aromatic heterocycles. The summed E-state index contributed by atoms with van der Waals surface area (Å²) in [6, 6.07) is 22.0. The highest BCUT2D eigenvalue weighted by Gasteiger charge is 2.26. The van der Waals surface area contributed by atoms with Crippen LogP contribution in [0.3, 0.4) is 0 Å². The summed E-state index contributed by atoms with van der Waals surface area (Å²) in [5, 5.41) is 5.44. The highest BCUT2D eigenvalue weighted by Crippen LogP contribution is 2.37. The molecule has 1 unspecified atom stereocenters. The van der Waals surface area contributed by atoms with Gasteiger partial charge in [-0.3, -0.25) is 0 Å². The first-order valence-corrected chi connectivity index (χ1v) is 11.6. The lowest BCUT2D eigenvalue weighted by molar-refractivity contribution is -0.112. The first kappa shape index (κ1) is 22.1. The molecule has 1 N–H and O–H groups in total. The van der Waals surface area contributed by atoms with E-state index in [9.17, 15) is 9.18 Å². The summed E-state index contributed by atoms with van der Waals surface area (Å²) >= 11 is 1.32. The second-order valence-corrected chi connectivity index (χ2v) is 8.54. The number of fused-ring (bicyclic) bond motifs is 1. The summed E-state index contributed by atoms with van der Waals surface area (Å²) in [4.78, 5) is 16.9. The van der Waals surface area contributed by atoms with Crippen LogP contribution in [-0.2, 0) is 29.2 Å². The Kier molecular flexibility index (Phi) is 6.51. The molecule has 1 aliphatic heterocycles. The summed E-state index contributed by atoms with van der Waals surface area (Å²) in [5.41, 5.74) is 3.15. The smallest absolute Gasteiger partial charge is 0.358 e. The van der Waals surface area contributed by atoms with E-state index in [1.54, 1.807) is 5.38 Å². The number of thiazole rings is 1. The third kappa shape index (κ3) is 5.08. The van der Waals surface area contributed by atoms with Gasteiger partial charge in [0.2, 0.25) is 6.29 Å². The lowest BCUT2D eigenvalue weighted by Gasteiger charge is -2.28. The molecule has 34 heavy (non-hydrogen) atoms. The maximum atomic E-state index is 14.2. The average Bonchev–Trinajstić information content (AvgIpc) is 3.36. The molecule has 5 rings (SSSR count). The standard InChI is InChI=1S/C26H21FN2O4S/c27-21-11-19(23-20(12-21)15-32-25(33-23)18-9-5-2-6-10-18)14-31-24(30)22-16-34-26(29-22)28-13-17-7-3-1-4-8-17/h1-12,16,25H,13-15H2,(H,28,29). The van der Waals surface area contributed by atoms with Crippen LogP contribution in [0.4, 0.5) is 9.52 Å². The number of carbonyl (C=O) groups is 1. The van der Waals surface area contributed by atoms with Gasteiger partial charge in [0, 0.05) is 28.6 Å². The average molecular weight is 477 g/mol. The topological polar surface area (TPSA) is 69.7 Å². The van der Waals surface area contributed by atoms with Crippen LogP contribution in [0.15, 0.2) is 78.2 Å². The summed E-state index contributed by atoms with van der Waals surface area (Å²) in [7, 11) is 0. The van der Waals surface area contributed by atoms with Crippen LogP contribution < -0.4 is 10.1 Å². The normalized spacial score (nSPS) is 14.7. The van der Waals surface area contributed by atoms with Crippen LogP contribution in [-0.4, -0.2) is 11.0 Å². The third-order valence-electron chi connectivity index (χ3n) is 5.25. The SMILES string of the molecule is O=C(OCc1cc(F)cc2c1OC(c1ccccc1)OC2)c1csc(NCc2ccccc2)n1. The van der Waals surface area contributed by atoms with E-state index in [2.05, 4.69) is 10.3 Å². The fraction of sp³-hybridized carbons (Fsp3) is 0.154. The molecule has 0 radical (unpaired) electrons. The molecule has 0 saturated heterocycles. The van der Waals surface area contributed by atoms with Crippen molar-refractivity contribution in [2.75, 3.05) is 5.32 Å². The van der Waals surface area contributed by atoms with Gasteiger partial charge in [-0.15, -0.1) is 11.3 Å². The maximum absolute atomic E-state index is 14.2. The molecule has 0 spiro atoms. The minimum Gasteiger partial charge on any atom is -0.460 e. The van der Waals surface area contributed by atoms with Gasteiger partial charge in [-0.1, -0.05) is 60.7 Å². The number of hydrogen-bond donors (Lipinski definition) is 1. The van der Waals surface area contributed by atoms with E-state index < -0.39 is 18.1 Å². The summed E-state index contributed by atoms with van der Waals surface area (Å²) in [6.07, 6.45) is -0.620. The Morgan fingerprint density at radius 1 is 1.12 bits per heavy atom. The van der Waals surface area contributed by atoms with Gasteiger partial charge in [0.15, 0.2) is 10.8 Å². The molecule has 4 aromatic rings. The van der Waals surface area contributed by atoms with Crippen molar-refractivity contribution in [2.45, 2.75) is 26.0 Å². The van der Waals surface area contributed by atoms with Gasteiger partial charge in [0.25, 0.3) is 0 Å². The summed E-state index contributed by atoms with van der Waals surface area (Å²) < 4.78 is 31.4. The van der Waals surface area contributed by atoms with E-state index in [-0.39, 0.29) is 18.9 Å². The number of halogens is 1. The van der Waals surface area contributed by atoms with Gasteiger partial charge in [-0.25, -0.2) is 14.2 Å². The monoisotopic (exact) mass is 476 g/mol. The quantitative estimate of drug-likeness (QED) is 0.337. The minimum atomic E-state index is -0.620. The lowest BCUT2D eigenvalue weighted by Crippen LogP contribution is -2.20. The van der Waals surface area contributed by atoms with Crippen LogP contribution in [0.1, 0.15) is 39.0 Å². The molecular formula is C26H21FN2O4S. The van der Waals surface area contributed by atoms with E-state index in [1.165, 1.54) is 23.5 Å². The molecular weight excluding hydrogens is 455 g/mol. The first-order chi connectivity index (χ1) is 16.7. The number of nitrogens with zero attached hydrogens (tertiary/aromatic N) is 1. The van der Waals surface area contributed by atoms with Crippen molar-refractivity contribution in [3.05, 3.63) is 112 Å². The van der Waals surface area contributed by atoms with Crippen LogP contribution >= 0.6 is 11.3 Å². The Morgan fingerprint density at radius 3 is 2.68 bits per heavy atom. The Bertz CT molecular complexity index is 1280.